The largest absolute Gasteiger partial charge is 0.316 e. The fraction of sp³-hybridized carbons (Fsp3) is 1.00. The first-order valence-electron chi connectivity index (χ1n) is 7.93. The standard InChI is InChI=1S/C16H34N2S/c1-6-17-12-16(9-7-8-14(2)10-16)13-18(4)15(3)11-19-5/h14-15,17H,6-13H2,1-5H3. The van der Waals surface area contributed by atoms with Gasteiger partial charge in [0.05, 0.1) is 0 Å². The van der Waals surface area contributed by atoms with Crippen molar-refractivity contribution in [1.29, 1.82) is 0 Å². The van der Waals surface area contributed by atoms with Crippen LogP contribution in [0.1, 0.15) is 46.5 Å². The van der Waals surface area contributed by atoms with Crippen LogP contribution in [0.5, 0.6) is 0 Å². The van der Waals surface area contributed by atoms with E-state index in [4.69, 9.17) is 0 Å². The molecule has 0 aromatic heterocycles. The molecular weight excluding hydrogens is 252 g/mol. The lowest BCUT2D eigenvalue weighted by molar-refractivity contribution is 0.0806. The van der Waals surface area contributed by atoms with Gasteiger partial charge in [0.15, 0.2) is 0 Å². The molecule has 19 heavy (non-hydrogen) atoms. The Kier molecular flexibility index (Phi) is 7.78. The Hall–Kier alpha value is 0.270. The fourth-order valence-corrected chi connectivity index (χ4v) is 4.31. The second-order valence-corrected chi connectivity index (χ2v) is 7.61. The first-order chi connectivity index (χ1) is 9.03. The number of hydrogen-bond donors (Lipinski definition) is 1. The van der Waals surface area contributed by atoms with Crippen LogP contribution in [0.15, 0.2) is 0 Å². The Morgan fingerprint density at radius 1 is 1.47 bits per heavy atom. The van der Waals surface area contributed by atoms with Gasteiger partial charge in [-0.15, -0.1) is 0 Å². The Bertz CT molecular complexity index is 247. The Morgan fingerprint density at radius 3 is 2.79 bits per heavy atom. The van der Waals surface area contributed by atoms with Crippen LogP contribution >= 0.6 is 11.8 Å². The maximum Gasteiger partial charge on any atom is 0.0155 e. The molecule has 2 nitrogen and oxygen atoms in total. The van der Waals surface area contributed by atoms with Gasteiger partial charge in [0.1, 0.15) is 0 Å². The summed E-state index contributed by atoms with van der Waals surface area (Å²) in [6, 6.07) is 0.686. The highest BCUT2D eigenvalue weighted by molar-refractivity contribution is 7.98. The maximum atomic E-state index is 3.62. The number of thioether (sulfide) groups is 1. The van der Waals surface area contributed by atoms with E-state index in [1.165, 1.54) is 44.5 Å². The second-order valence-electron chi connectivity index (χ2n) is 6.70. The van der Waals surface area contributed by atoms with Gasteiger partial charge in [-0.2, -0.15) is 11.8 Å². The van der Waals surface area contributed by atoms with Gasteiger partial charge in [0.2, 0.25) is 0 Å². The molecule has 1 N–H and O–H groups in total. The van der Waals surface area contributed by atoms with Crippen LogP contribution in [0.2, 0.25) is 0 Å². The molecule has 3 unspecified atom stereocenters. The molecule has 3 atom stereocenters. The second kappa shape index (κ2) is 8.53. The highest BCUT2D eigenvalue weighted by atomic mass is 32.2. The third kappa shape index (κ3) is 5.65. The molecular formula is C16H34N2S. The monoisotopic (exact) mass is 286 g/mol. The zero-order chi connectivity index (χ0) is 14.3. The molecule has 0 heterocycles. The molecule has 1 aliphatic carbocycles. The predicted octanol–water partition coefficient (Wildman–Crippen LogP) is 3.48. The van der Waals surface area contributed by atoms with Crippen molar-refractivity contribution < 1.29 is 0 Å². The molecule has 1 saturated carbocycles. The predicted molar refractivity (Wildman–Crippen MR) is 89.1 cm³/mol. The van der Waals surface area contributed by atoms with Crippen molar-refractivity contribution in [3.05, 3.63) is 0 Å². The van der Waals surface area contributed by atoms with E-state index >= 15 is 0 Å². The van der Waals surface area contributed by atoms with Crippen LogP contribution < -0.4 is 5.32 Å². The van der Waals surface area contributed by atoms with Gasteiger partial charge in [0.25, 0.3) is 0 Å². The molecule has 3 heteroatoms. The van der Waals surface area contributed by atoms with Crippen LogP contribution in [0.25, 0.3) is 0 Å². The van der Waals surface area contributed by atoms with Crippen molar-refractivity contribution in [2.24, 2.45) is 11.3 Å². The highest BCUT2D eigenvalue weighted by Crippen LogP contribution is 2.39. The quantitative estimate of drug-likeness (QED) is 0.735. The van der Waals surface area contributed by atoms with Crippen molar-refractivity contribution in [2.75, 3.05) is 38.7 Å². The molecule has 0 aliphatic heterocycles. The molecule has 0 saturated heterocycles. The van der Waals surface area contributed by atoms with Crippen LogP contribution in [0.3, 0.4) is 0 Å². The van der Waals surface area contributed by atoms with Gasteiger partial charge >= 0.3 is 0 Å². The molecule has 0 amide bonds. The van der Waals surface area contributed by atoms with E-state index < -0.39 is 0 Å². The van der Waals surface area contributed by atoms with Gasteiger partial charge in [-0.05, 0) is 50.9 Å². The Balaban J connectivity index is 2.62. The van der Waals surface area contributed by atoms with Crippen molar-refractivity contribution in [3.63, 3.8) is 0 Å². The van der Waals surface area contributed by atoms with Gasteiger partial charge in [-0.3, -0.25) is 0 Å². The van der Waals surface area contributed by atoms with Gasteiger partial charge in [-0.25, -0.2) is 0 Å². The SMILES string of the molecule is CCNCC1(CN(C)C(C)CSC)CCCC(C)C1. The topological polar surface area (TPSA) is 15.3 Å². The molecule has 1 fully saturated rings. The summed E-state index contributed by atoms with van der Waals surface area (Å²) in [5, 5.41) is 3.62. The molecule has 0 aromatic carbocycles. The van der Waals surface area contributed by atoms with Crippen LogP contribution in [-0.2, 0) is 0 Å². The van der Waals surface area contributed by atoms with E-state index in [0.29, 0.717) is 11.5 Å². The highest BCUT2D eigenvalue weighted by Gasteiger charge is 2.36. The third-order valence-corrected chi connectivity index (χ3v) is 5.50. The van der Waals surface area contributed by atoms with E-state index in [9.17, 15) is 0 Å². The van der Waals surface area contributed by atoms with Crippen LogP contribution in [0, 0.1) is 11.3 Å². The van der Waals surface area contributed by atoms with Crippen LogP contribution in [-0.4, -0.2) is 49.6 Å². The summed E-state index contributed by atoms with van der Waals surface area (Å²) in [7, 11) is 2.31. The molecule has 1 rings (SSSR count). The summed E-state index contributed by atoms with van der Waals surface area (Å²) in [5.41, 5.74) is 0.509. The first-order valence-corrected chi connectivity index (χ1v) is 9.32. The Morgan fingerprint density at radius 2 is 2.21 bits per heavy atom. The summed E-state index contributed by atoms with van der Waals surface area (Å²) in [6.07, 6.45) is 7.85. The van der Waals surface area contributed by atoms with E-state index in [1.54, 1.807) is 0 Å². The molecule has 114 valence electrons. The molecule has 0 spiro atoms. The molecule has 1 aliphatic rings. The average Bonchev–Trinajstić information content (AvgIpc) is 2.36. The molecule has 0 bridgehead atoms. The van der Waals surface area contributed by atoms with E-state index in [1.807, 2.05) is 11.8 Å². The normalized spacial score (nSPS) is 29.7. The van der Waals surface area contributed by atoms with Crippen molar-refractivity contribution >= 4 is 11.8 Å². The zero-order valence-corrected chi connectivity index (χ0v) is 14.5. The molecule has 0 aromatic rings. The minimum absolute atomic E-state index is 0.509. The van der Waals surface area contributed by atoms with E-state index in [-0.39, 0.29) is 0 Å². The fourth-order valence-electron chi connectivity index (χ4n) is 3.57. The van der Waals surface area contributed by atoms with Gasteiger partial charge in [-0.1, -0.05) is 26.7 Å². The average molecular weight is 287 g/mol. The van der Waals surface area contributed by atoms with Gasteiger partial charge in [0, 0.05) is 24.9 Å². The molecule has 0 radical (unpaired) electrons. The lowest BCUT2D eigenvalue weighted by Gasteiger charge is -2.44. The van der Waals surface area contributed by atoms with Crippen molar-refractivity contribution in [3.8, 4) is 0 Å². The lowest BCUT2D eigenvalue weighted by Crippen LogP contribution is -2.48. The minimum atomic E-state index is 0.509. The summed E-state index contributed by atoms with van der Waals surface area (Å²) >= 11 is 1.96. The minimum Gasteiger partial charge on any atom is -0.316 e. The number of rotatable bonds is 8. The van der Waals surface area contributed by atoms with E-state index in [0.717, 1.165) is 12.5 Å². The third-order valence-electron chi connectivity index (χ3n) is 4.68. The van der Waals surface area contributed by atoms with Crippen molar-refractivity contribution in [2.45, 2.75) is 52.5 Å². The smallest absolute Gasteiger partial charge is 0.0155 e. The summed E-state index contributed by atoms with van der Waals surface area (Å²) in [6.45, 7) is 10.6. The number of hydrogen-bond acceptors (Lipinski definition) is 3. The maximum absolute atomic E-state index is 3.62. The van der Waals surface area contributed by atoms with Crippen LogP contribution in [0.4, 0.5) is 0 Å². The van der Waals surface area contributed by atoms with Crippen molar-refractivity contribution in [1.82, 2.24) is 10.2 Å². The first kappa shape index (κ1) is 17.3. The number of nitrogens with zero attached hydrogens (tertiary/aromatic N) is 1. The summed E-state index contributed by atoms with van der Waals surface area (Å²) in [5.74, 6) is 2.14. The zero-order valence-electron chi connectivity index (χ0n) is 13.7. The summed E-state index contributed by atoms with van der Waals surface area (Å²) < 4.78 is 0. The van der Waals surface area contributed by atoms with E-state index in [2.05, 4.69) is 44.3 Å². The Labute approximate surface area is 125 Å². The summed E-state index contributed by atoms with van der Waals surface area (Å²) in [4.78, 5) is 2.59. The van der Waals surface area contributed by atoms with Gasteiger partial charge < -0.3 is 10.2 Å². The lowest BCUT2D eigenvalue weighted by atomic mass is 9.69. The number of nitrogens with one attached hydrogen (secondary N) is 1.